The molecule has 8 heteroatoms. The summed E-state index contributed by atoms with van der Waals surface area (Å²) in [5.41, 5.74) is 2.63. The summed E-state index contributed by atoms with van der Waals surface area (Å²) in [5.74, 6) is 0.0526. The first kappa shape index (κ1) is 25.4. The maximum atomic E-state index is 12.9. The standard InChI is InChI=1S/C26H32N4O3S/c1-5-6-7-8-18-9-11-19(12-10-18)23(31)27-22(17(2)3)24(32)28-26-30-29-25(34-26)20-13-15-21(33-4)16-14-20/h9-17,22H,5-8H2,1-4H3,(H,27,31)(H,28,30,32). The van der Waals surface area contributed by atoms with Gasteiger partial charge in [-0.3, -0.25) is 14.9 Å². The minimum Gasteiger partial charge on any atom is -0.497 e. The van der Waals surface area contributed by atoms with Crippen LogP contribution in [0.2, 0.25) is 0 Å². The van der Waals surface area contributed by atoms with Crippen molar-refractivity contribution in [2.45, 2.75) is 52.5 Å². The molecule has 2 N–H and O–H groups in total. The van der Waals surface area contributed by atoms with Gasteiger partial charge in [0.1, 0.15) is 16.8 Å². The highest BCUT2D eigenvalue weighted by Gasteiger charge is 2.26. The molecule has 0 aliphatic rings. The molecule has 0 spiro atoms. The third-order valence-corrected chi connectivity index (χ3v) is 6.40. The van der Waals surface area contributed by atoms with Gasteiger partial charge in [-0.05, 0) is 60.7 Å². The van der Waals surface area contributed by atoms with Gasteiger partial charge in [-0.1, -0.05) is 57.1 Å². The van der Waals surface area contributed by atoms with E-state index in [1.54, 1.807) is 7.11 Å². The lowest BCUT2D eigenvalue weighted by Crippen LogP contribution is -2.47. The Balaban J connectivity index is 1.62. The number of benzene rings is 2. The quantitative estimate of drug-likeness (QED) is 0.361. The van der Waals surface area contributed by atoms with Crippen LogP contribution in [-0.2, 0) is 11.2 Å². The number of nitrogens with zero attached hydrogens (tertiary/aromatic N) is 2. The SMILES string of the molecule is CCCCCc1ccc(C(=O)NC(C(=O)Nc2nnc(-c3ccc(OC)cc3)s2)C(C)C)cc1. The van der Waals surface area contributed by atoms with Gasteiger partial charge in [-0.25, -0.2) is 0 Å². The predicted molar refractivity (Wildman–Crippen MR) is 136 cm³/mol. The maximum absolute atomic E-state index is 12.9. The van der Waals surface area contributed by atoms with Crippen molar-refractivity contribution in [3.05, 3.63) is 59.7 Å². The number of aryl methyl sites for hydroxylation is 1. The Labute approximate surface area is 205 Å². The first-order valence-electron chi connectivity index (χ1n) is 11.6. The Morgan fingerprint density at radius 2 is 1.71 bits per heavy atom. The lowest BCUT2D eigenvalue weighted by molar-refractivity contribution is -0.118. The molecule has 7 nitrogen and oxygen atoms in total. The molecular weight excluding hydrogens is 448 g/mol. The molecule has 2 amide bonds. The summed E-state index contributed by atoms with van der Waals surface area (Å²) in [6, 6.07) is 14.4. The Morgan fingerprint density at radius 3 is 2.32 bits per heavy atom. The fourth-order valence-corrected chi connectivity index (χ4v) is 4.22. The Kier molecular flexibility index (Phi) is 9.16. The summed E-state index contributed by atoms with van der Waals surface area (Å²) in [6.07, 6.45) is 4.53. The molecule has 180 valence electrons. The van der Waals surface area contributed by atoms with Crippen LogP contribution in [0.1, 0.15) is 56.0 Å². The van der Waals surface area contributed by atoms with E-state index in [-0.39, 0.29) is 17.7 Å². The van der Waals surface area contributed by atoms with Gasteiger partial charge in [-0.15, -0.1) is 10.2 Å². The van der Waals surface area contributed by atoms with Crippen molar-refractivity contribution in [3.8, 4) is 16.3 Å². The second kappa shape index (κ2) is 12.3. The summed E-state index contributed by atoms with van der Waals surface area (Å²) >= 11 is 1.27. The molecule has 1 atom stereocenters. The summed E-state index contributed by atoms with van der Waals surface area (Å²) in [4.78, 5) is 25.8. The van der Waals surface area contributed by atoms with Crippen molar-refractivity contribution in [2.75, 3.05) is 12.4 Å². The molecule has 1 heterocycles. The normalized spacial score (nSPS) is 11.8. The summed E-state index contributed by atoms with van der Waals surface area (Å²) < 4.78 is 5.18. The lowest BCUT2D eigenvalue weighted by Gasteiger charge is -2.21. The van der Waals surface area contributed by atoms with Crippen LogP contribution in [0.4, 0.5) is 5.13 Å². The molecule has 0 aliphatic carbocycles. The van der Waals surface area contributed by atoms with Gasteiger partial charge >= 0.3 is 0 Å². The topological polar surface area (TPSA) is 93.2 Å². The number of hydrogen-bond acceptors (Lipinski definition) is 6. The lowest BCUT2D eigenvalue weighted by atomic mass is 10.0. The number of methoxy groups -OCH3 is 1. The average molecular weight is 481 g/mol. The van der Waals surface area contributed by atoms with Gasteiger partial charge < -0.3 is 10.1 Å². The van der Waals surface area contributed by atoms with E-state index in [1.165, 1.54) is 29.7 Å². The minimum atomic E-state index is -0.704. The number of anilines is 1. The smallest absolute Gasteiger partial charge is 0.251 e. The number of rotatable bonds is 11. The molecule has 2 aromatic carbocycles. The highest BCUT2D eigenvalue weighted by atomic mass is 32.1. The molecule has 0 saturated heterocycles. The van der Waals surface area contributed by atoms with Crippen LogP contribution in [0.5, 0.6) is 5.75 Å². The average Bonchev–Trinajstić information content (AvgIpc) is 3.31. The van der Waals surface area contributed by atoms with Crippen molar-refractivity contribution >= 4 is 28.3 Å². The van der Waals surface area contributed by atoms with Crippen molar-refractivity contribution in [3.63, 3.8) is 0 Å². The van der Waals surface area contributed by atoms with Gasteiger partial charge in [0.05, 0.1) is 7.11 Å². The first-order chi connectivity index (χ1) is 16.4. The summed E-state index contributed by atoms with van der Waals surface area (Å²) in [6.45, 7) is 5.97. The Morgan fingerprint density at radius 1 is 1.00 bits per heavy atom. The highest BCUT2D eigenvalue weighted by molar-refractivity contribution is 7.18. The molecule has 3 rings (SSSR count). The van der Waals surface area contributed by atoms with E-state index in [1.807, 2.05) is 62.4 Å². The van der Waals surface area contributed by atoms with Gasteiger partial charge in [0, 0.05) is 11.1 Å². The van der Waals surface area contributed by atoms with Crippen LogP contribution in [0, 0.1) is 5.92 Å². The largest absolute Gasteiger partial charge is 0.497 e. The van der Waals surface area contributed by atoms with Crippen molar-refractivity contribution in [2.24, 2.45) is 5.92 Å². The van der Waals surface area contributed by atoms with Gasteiger partial charge in [0.2, 0.25) is 11.0 Å². The van der Waals surface area contributed by atoms with E-state index in [0.717, 1.165) is 24.2 Å². The third kappa shape index (κ3) is 6.87. The number of ether oxygens (including phenoxy) is 1. The van der Waals surface area contributed by atoms with Crippen molar-refractivity contribution < 1.29 is 14.3 Å². The number of unbranched alkanes of at least 4 members (excludes halogenated alkanes) is 2. The number of amides is 2. The molecule has 0 radical (unpaired) electrons. The van der Waals surface area contributed by atoms with E-state index in [9.17, 15) is 9.59 Å². The van der Waals surface area contributed by atoms with Crippen LogP contribution in [-0.4, -0.2) is 35.2 Å². The number of carbonyl (C=O) groups excluding carboxylic acids is 2. The van der Waals surface area contributed by atoms with Gasteiger partial charge in [0.15, 0.2) is 0 Å². The predicted octanol–water partition coefficient (Wildman–Crippen LogP) is 5.34. The maximum Gasteiger partial charge on any atom is 0.251 e. The van der Waals surface area contributed by atoms with Gasteiger partial charge in [0.25, 0.3) is 5.91 Å². The zero-order valence-corrected chi connectivity index (χ0v) is 20.9. The monoisotopic (exact) mass is 480 g/mol. The van der Waals surface area contributed by atoms with Crippen LogP contribution in [0.25, 0.3) is 10.6 Å². The molecule has 34 heavy (non-hydrogen) atoms. The number of hydrogen-bond donors (Lipinski definition) is 2. The van der Waals surface area contributed by atoms with Gasteiger partial charge in [-0.2, -0.15) is 0 Å². The van der Waals surface area contributed by atoms with E-state index < -0.39 is 6.04 Å². The van der Waals surface area contributed by atoms with Crippen molar-refractivity contribution in [1.29, 1.82) is 0 Å². The minimum absolute atomic E-state index is 0.105. The molecule has 0 fully saturated rings. The summed E-state index contributed by atoms with van der Waals surface area (Å²) in [7, 11) is 1.61. The Hall–Kier alpha value is -3.26. The van der Waals surface area contributed by atoms with E-state index in [4.69, 9.17) is 4.74 Å². The summed E-state index contributed by atoms with van der Waals surface area (Å²) in [5, 5.41) is 15.0. The van der Waals surface area contributed by atoms with E-state index in [0.29, 0.717) is 15.7 Å². The molecule has 0 aliphatic heterocycles. The zero-order chi connectivity index (χ0) is 24.5. The molecule has 3 aromatic rings. The van der Waals surface area contributed by atoms with Crippen LogP contribution in [0.15, 0.2) is 48.5 Å². The molecule has 1 unspecified atom stereocenters. The Bertz CT molecular complexity index is 1080. The fourth-order valence-electron chi connectivity index (χ4n) is 3.47. The molecular formula is C26H32N4O3S. The second-order valence-corrected chi connectivity index (χ2v) is 9.46. The zero-order valence-electron chi connectivity index (χ0n) is 20.1. The first-order valence-corrected chi connectivity index (χ1v) is 12.4. The number of nitrogens with one attached hydrogen (secondary N) is 2. The third-order valence-electron chi connectivity index (χ3n) is 5.51. The molecule has 0 saturated carbocycles. The number of aromatic nitrogens is 2. The van der Waals surface area contributed by atoms with Crippen LogP contribution < -0.4 is 15.4 Å². The van der Waals surface area contributed by atoms with E-state index >= 15 is 0 Å². The number of carbonyl (C=O) groups is 2. The highest BCUT2D eigenvalue weighted by Crippen LogP contribution is 2.28. The van der Waals surface area contributed by atoms with Crippen LogP contribution >= 0.6 is 11.3 Å². The molecule has 0 bridgehead atoms. The van der Waals surface area contributed by atoms with Crippen molar-refractivity contribution in [1.82, 2.24) is 15.5 Å². The second-order valence-electron chi connectivity index (χ2n) is 8.48. The molecule has 1 aromatic heterocycles. The fraction of sp³-hybridized carbons (Fsp3) is 0.385. The van der Waals surface area contributed by atoms with E-state index in [2.05, 4.69) is 27.8 Å². The van der Waals surface area contributed by atoms with Crippen LogP contribution in [0.3, 0.4) is 0 Å².